The van der Waals surface area contributed by atoms with E-state index in [-0.39, 0.29) is 0 Å². The van der Waals surface area contributed by atoms with Crippen LogP contribution in [-0.2, 0) is 13.3 Å². The highest BCUT2D eigenvalue weighted by atomic mass is 28.4. The predicted octanol–water partition coefficient (Wildman–Crippen LogP) is 0.568. The lowest BCUT2D eigenvalue weighted by atomic mass is 10.5. The van der Waals surface area contributed by atoms with Gasteiger partial charge < -0.3 is 24.7 Å². The molecule has 0 atom stereocenters. The Morgan fingerprint density at radius 2 is 1.33 bits per heavy atom. The van der Waals surface area contributed by atoms with Crippen molar-refractivity contribution in [2.75, 3.05) is 34.4 Å². The van der Waals surface area contributed by atoms with E-state index in [1.807, 2.05) is 0 Å². The summed E-state index contributed by atoms with van der Waals surface area (Å²) < 4.78 is 15.5. The highest BCUT2D eigenvalue weighted by molar-refractivity contribution is 6.60. The molecule has 0 bridgehead atoms. The molecule has 5 nitrogen and oxygen atoms in total. The fourth-order valence-electron chi connectivity index (χ4n) is 0.875. The molecule has 0 aromatic rings. The Morgan fingerprint density at radius 3 is 1.53 bits per heavy atom. The quantitative estimate of drug-likeness (QED) is 0.634. The Hall–Kier alpha value is 0.0169. The van der Waals surface area contributed by atoms with Gasteiger partial charge in [-0.2, -0.15) is 0 Å². The third kappa shape index (κ3) is 8.98. The van der Waals surface area contributed by atoms with Crippen LogP contribution >= 0.6 is 0 Å². The average molecular weight is 238 g/mol. The maximum Gasteiger partial charge on any atom is 0.500 e. The molecule has 6 heteroatoms. The lowest BCUT2D eigenvalue weighted by Gasteiger charge is -2.23. The van der Waals surface area contributed by atoms with Crippen LogP contribution in [0.1, 0.15) is 19.8 Å². The maximum absolute atomic E-state index is 5.36. The molecule has 0 fully saturated rings. The van der Waals surface area contributed by atoms with Gasteiger partial charge in [0, 0.05) is 27.4 Å². The summed E-state index contributed by atoms with van der Waals surface area (Å²) in [6.07, 6.45) is 1.97. The first-order valence-corrected chi connectivity index (χ1v) is 7.15. The zero-order valence-electron chi connectivity index (χ0n) is 10.4. The van der Waals surface area contributed by atoms with E-state index in [1.54, 1.807) is 21.3 Å². The van der Waals surface area contributed by atoms with Crippen molar-refractivity contribution < 1.29 is 13.3 Å². The highest BCUT2D eigenvalue weighted by Crippen LogP contribution is 2.13. The highest BCUT2D eigenvalue weighted by Gasteiger charge is 2.36. The average Bonchev–Trinajstić information content (AvgIpc) is 2.32. The van der Waals surface area contributed by atoms with Crippen molar-refractivity contribution in [2.45, 2.75) is 25.8 Å². The third-order valence-electron chi connectivity index (χ3n) is 1.91. The zero-order chi connectivity index (χ0) is 12.2. The van der Waals surface area contributed by atoms with Crippen LogP contribution in [0.15, 0.2) is 0 Å². The Balaban J connectivity index is 0. The van der Waals surface area contributed by atoms with Crippen molar-refractivity contribution in [3.05, 3.63) is 0 Å². The summed E-state index contributed by atoms with van der Waals surface area (Å²) in [5.41, 5.74) is 10.4. The SMILES string of the molecule is CCCN.CO[Si](CCCN)(OC)OC. The van der Waals surface area contributed by atoms with Crippen molar-refractivity contribution in [3.8, 4) is 0 Å². The van der Waals surface area contributed by atoms with Crippen molar-refractivity contribution in [2.24, 2.45) is 11.5 Å². The topological polar surface area (TPSA) is 79.7 Å². The van der Waals surface area contributed by atoms with Gasteiger partial charge in [0.25, 0.3) is 0 Å². The molecule has 0 spiro atoms. The van der Waals surface area contributed by atoms with E-state index >= 15 is 0 Å². The molecule has 0 saturated carbocycles. The number of rotatable bonds is 7. The minimum absolute atomic E-state index is 0.644. The van der Waals surface area contributed by atoms with Gasteiger partial charge in [-0.15, -0.1) is 0 Å². The minimum atomic E-state index is -2.32. The standard InChI is InChI=1S/C6H17NO3Si.C3H9N/c1-8-11(9-2,10-3)6-4-5-7;1-2-3-4/h4-7H2,1-3H3;2-4H2,1H3. The summed E-state index contributed by atoms with van der Waals surface area (Å²) in [4.78, 5) is 0. The fourth-order valence-corrected chi connectivity index (χ4v) is 2.62. The second-order valence-electron chi connectivity index (χ2n) is 2.98. The molecule has 0 aliphatic carbocycles. The second kappa shape index (κ2) is 12.1. The zero-order valence-corrected chi connectivity index (χ0v) is 11.4. The van der Waals surface area contributed by atoms with E-state index in [2.05, 4.69) is 6.92 Å². The van der Waals surface area contributed by atoms with E-state index in [9.17, 15) is 0 Å². The molecule has 94 valence electrons. The molecule has 0 radical (unpaired) electrons. The number of hydrogen-bond acceptors (Lipinski definition) is 5. The summed E-state index contributed by atoms with van der Waals surface area (Å²) in [6.45, 7) is 3.52. The molecule has 4 N–H and O–H groups in total. The van der Waals surface area contributed by atoms with Gasteiger partial charge in [-0.3, -0.25) is 0 Å². The summed E-state index contributed by atoms with van der Waals surface area (Å²) in [7, 11) is 2.50. The molecule has 0 rings (SSSR count). The van der Waals surface area contributed by atoms with Crippen LogP contribution in [0.5, 0.6) is 0 Å². The molecule has 15 heavy (non-hydrogen) atoms. The molecule has 0 aliphatic rings. The van der Waals surface area contributed by atoms with Crippen LogP contribution in [-0.4, -0.2) is 43.2 Å². The number of hydrogen-bond donors (Lipinski definition) is 2. The van der Waals surface area contributed by atoms with E-state index in [0.717, 1.165) is 25.4 Å². The summed E-state index contributed by atoms with van der Waals surface area (Å²) >= 11 is 0. The van der Waals surface area contributed by atoms with Crippen molar-refractivity contribution in [3.63, 3.8) is 0 Å². The lowest BCUT2D eigenvalue weighted by Crippen LogP contribution is -2.42. The van der Waals surface area contributed by atoms with Crippen molar-refractivity contribution >= 4 is 8.80 Å². The predicted molar refractivity (Wildman–Crippen MR) is 64.6 cm³/mol. The molecule has 0 aromatic carbocycles. The van der Waals surface area contributed by atoms with E-state index in [4.69, 9.17) is 24.7 Å². The lowest BCUT2D eigenvalue weighted by molar-refractivity contribution is 0.123. The Morgan fingerprint density at radius 1 is 0.933 bits per heavy atom. The molecule has 0 aromatic heterocycles. The maximum atomic E-state index is 5.36. The van der Waals surface area contributed by atoms with Crippen LogP contribution < -0.4 is 11.5 Å². The van der Waals surface area contributed by atoms with E-state index in [0.29, 0.717) is 6.54 Å². The Bertz CT molecular complexity index is 114. The normalized spacial score (nSPS) is 10.8. The van der Waals surface area contributed by atoms with Gasteiger partial charge in [-0.25, -0.2) is 0 Å². The molecule has 0 amide bonds. The third-order valence-corrected chi connectivity index (χ3v) is 4.74. The second-order valence-corrected chi connectivity index (χ2v) is 6.07. The van der Waals surface area contributed by atoms with Gasteiger partial charge in [-0.05, 0) is 25.9 Å². The minimum Gasteiger partial charge on any atom is -0.377 e. The van der Waals surface area contributed by atoms with Gasteiger partial charge in [0.05, 0.1) is 0 Å². The molecule has 0 unspecified atom stereocenters. The van der Waals surface area contributed by atoms with Crippen molar-refractivity contribution in [1.82, 2.24) is 0 Å². The summed E-state index contributed by atoms with van der Waals surface area (Å²) in [5.74, 6) is 0. The van der Waals surface area contributed by atoms with Gasteiger partial charge in [0.15, 0.2) is 0 Å². The smallest absolute Gasteiger partial charge is 0.377 e. The largest absolute Gasteiger partial charge is 0.500 e. The van der Waals surface area contributed by atoms with Gasteiger partial charge in [-0.1, -0.05) is 6.92 Å². The molecular formula is C9H26N2O3Si. The van der Waals surface area contributed by atoms with Crippen molar-refractivity contribution in [1.29, 1.82) is 0 Å². The molecule has 0 heterocycles. The first-order valence-electron chi connectivity index (χ1n) is 5.21. The Kier molecular flexibility index (Phi) is 14.0. The molecular weight excluding hydrogens is 212 g/mol. The van der Waals surface area contributed by atoms with Crippen LogP contribution in [0.25, 0.3) is 0 Å². The first kappa shape index (κ1) is 17.4. The van der Waals surface area contributed by atoms with Crippen LogP contribution in [0.4, 0.5) is 0 Å². The molecule has 0 saturated heterocycles. The summed E-state index contributed by atoms with van der Waals surface area (Å²) in [6, 6.07) is 0.785. The van der Waals surface area contributed by atoms with Gasteiger partial charge in [0.1, 0.15) is 0 Å². The van der Waals surface area contributed by atoms with Gasteiger partial charge >= 0.3 is 8.80 Å². The number of nitrogens with two attached hydrogens (primary N) is 2. The van der Waals surface area contributed by atoms with E-state index in [1.165, 1.54) is 0 Å². The van der Waals surface area contributed by atoms with Crippen LogP contribution in [0.2, 0.25) is 6.04 Å². The fraction of sp³-hybridized carbons (Fsp3) is 1.00. The first-order chi connectivity index (χ1) is 7.16. The monoisotopic (exact) mass is 238 g/mol. The van der Waals surface area contributed by atoms with E-state index < -0.39 is 8.80 Å². The summed E-state index contributed by atoms with van der Waals surface area (Å²) in [5, 5.41) is 0. The Labute approximate surface area is 94.4 Å². The molecule has 0 aliphatic heterocycles. The van der Waals surface area contributed by atoms with Gasteiger partial charge in [0.2, 0.25) is 0 Å². The van der Waals surface area contributed by atoms with Crippen LogP contribution in [0, 0.1) is 0 Å². The van der Waals surface area contributed by atoms with Crippen LogP contribution in [0.3, 0.4) is 0 Å².